The first-order chi connectivity index (χ1) is 3.43. The van der Waals surface area contributed by atoms with Crippen LogP contribution in [0.25, 0.3) is 0 Å². The number of amidine groups is 1. The van der Waals surface area contributed by atoms with Crippen LogP contribution in [0, 0.1) is 0 Å². The topological polar surface area (TPSA) is 24.4 Å². The molecule has 0 aromatic heterocycles. The van der Waals surface area contributed by atoms with Crippen molar-refractivity contribution < 1.29 is 0 Å². The van der Waals surface area contributed by atoms with E-state index in [-0.39, 0.29) is 0 Å². The van der Waals surface area contributed by atoms with Crippen molar-refractivity contribution in [3.63, 3.8) is 0 Å². The molecule has 1 aliphatic rings. The third kappa shape index (κ3) is 1.09. The molecule has 3 heteroatoms. The summed E-state index contributed by atoms with van der Waals surface area (Å²) in [6, 6.07) is 0. The van der Waals surface area contributed by atoms with E-state index in [1.54, 1.807) is 0 Å². The van der Waals surface area contributed by atoms with Crippen LogP contribution in [0.15, 0.2) is 4.99 Å². The molecule has 0 aromatic carbocycles. The summed E-state index contributed by atoms with van der Waals surface area (Å²) in [5, 5.41) is 3.08. The molecule has 40 valence electrons. The van der Waals surface area contributed by atoms with E-state index >= 15 is 0 Å². The number of hydrogen-bond acceptors (Lipinski definition) is 3. The highest BCUT2D eigenvalue weighted by Gasteiger charge is 1.98. The Morgan fingerprint density at radius 2 is 2.71 bits per heavy atom. The molecule has 1 heterocycles. The van der Waals surface area contributed by atoms with Crippen molar-refractivity contribution in [2.24, 2.45) is 4.99 Å². The van der Waals surface area contributed by atoms with Gasteiger partial charge >= 0.3 is 0 Å². The van der Waals surface area contributed by atoms with Gasteiger partial charge in [0.1, 0.15) is 5.84 Å². The average Bonchev–Trinajstić information content (AvgIpc) is 2.14. The standard InChI is InChI=1S/C4H8N2S/c7-3-4-5-1-2-6-4/h7H,1-3H2,(H,5,6). The maximum Gasteiger partial charge on any atom is 0.106 e. The molecule has 0 atom stereocenters. The number of nitrogens with zero attached hydrogens (tertiary/aromatic N) is 1. The molecule has 0 bridgehead atoms. The highest BCUT2D eigenvalue weighted by Crippen LogP contribution is 1.85. The average molecular weight is 116 g/mol. The normalized spacial score (nSPS) is 18.7. The van der Waals surface area contributed by atoms with Crippen LogP contribution in [-0.2, 0) is 0 Å². The van der Waals surface area contributed by atoms with Gasteiger partial charge in [-0.3, -0.25) is 4.99 Å². The summed E-state index contributed by atoms with van der Waals surface area (Å²) in [7, 11) is 0. The van der Waals surface area contributed by atoms with Gasteiger partial charge in [0.15, 0.2) is 0 Å². The summed E-state index contributed by atoms with van der Waals surface area (Å²) in [5.41, 5.74) is 0. The molecule has 0 saturated carbocycles. The highest BCUT2D eigenvalue weighted by molar-refractivity contribution is 7.81. The Bertz CT molecular complexity index is 89.7. The molecule has 0 fully saturated rings. The monoisotopic (exact) mass is 116 g/mol. The minimum atomic E-state index is 0.750. The highest BCUT2D eigenvalue weighted by atomic mass is 32.1. The lowest BCUT2D eigenvalue weighted by atomic mass is 10.7. The van der Waals surface area contributed by atoms with Crippen LogP contribution in [0.1, 0.15) is 0 Å². The first-order valence-electron chi connectivity index (χ1n) is 2.31. The first-order valence-corrected chi connectivity index (χ1v) is 2.95. The molecule has 0 amide bonds. The van der Waals surface area contributed by atoms with Crippen LogP contribution < -0.4 is 5.32 Å². The van der Waals surface area contributed by atoms with Gasteiger partial charge in [-0.05, 0) is 0 Å². The SMILES string of the molecule is SCC1=NCCN1. The second kappa shape index (κ2) is 2.21. The lowest BCUT2D eigenvalue weighted by Gasteiger charge is -1.91. The second-order valence-corrected chi connectivity index (χ2v) is 1.73. The zero-order valence-electron chi connectivity index (χ0n) is 4.02. The number of aliphatic imine (C=N–C) groups is 1. The third-order valence-electron chi connectivity index (χ3n) is 0.893. The first kappa shape index (κ1) is 4.97. The van der Waals surface area contributed by atoms with E-state index in [0.717, 1.165) is 24.7 Å². The fourth-order valence-electron chi connectivity index (χ4n) is 0.553. The quantitative estimate of drug-likeness (QED) is 0.460. The summed E-state index contributed by atoms with van der Waals surface area (Å²) in [4.78, 5) is 4.08. The van der Waals surface area contributed by atoms with Crippen LogP contribution in [0.4, 0.5) is 0 Å². The molecule has 0 radical (unpaired) electrons. The van der Waals surface area contributed by atoms with E-state index in [1.807, 2.05) is 0 Å². The van der Waals surface area contributed by atoms with Crippen molar-refractivity contribution in [2.75, 3.05) is 18.8 Å². The lowest BCUT2D eigenvalue weighted by molar-refractivity contribution is 0.959. The number of rotatable bonds is 1. The maximum atomic E-state index is 4.08. The number of thiol groups is 1. The minimum Gasteiger partial charge on any atom is -0.371 e. The molecule has 1 rings (SSSR count). The van der Waals surface area contributed by atoms with Crippen LogP contribution in [0.2, 0.25) is 0 Å². The van der Waals surface area contributed by atoms with Crippen molar-refractivity contribution in [3.8, 4) is 0 Å². The van der Waals surface area contributed by atoms with Crippen molar-refractivity contribution in [2.45, 2.75) is 0 Å². The summed E-state index contributed by atoms with van der Waals surface area (Å²) in [6.45, 7) is 1.92. The van der Waals surface area contributed by atoms with Gasteiger partial charge in [-0.25, -0.2) is 0 Å². The van der Waals surface area contributed by atoms with Gasteiger partial charge in [0, 0.05) is 12.3 Å². The fourth-order valence-corrected chi connectivity index (χ4v) is 0.765. The van der Waals surface area contributed by atoms with E-state index < -0.39 is 0 Å². The van der Waals surface area contributed by atoms with E-state index in [0.29, 0.717) is 0 Å². The van der Waals surface area contributed by atoms with Gasteiger partial charge in [0.25, 0.3) is 0 Å². The van der Waals surface area contributed by atoms with Crippen molar-refractivity contribution in [3.05, 3.63) is 0 Å². The van der Waals surface area contributed by atoms with Gasteiger partial charge in [-0.1, -0.05) is 0 Å². The van der Waals surface area contributed by atoms with Crippen LogP contribution in [0.3, 0.4) is 0 Å². The molecule has 2 nitrogen and oxygen atoms in total. The summed E-state index contributed by atoms with van der Waals surface area (Å²) < 4.78 is 0. The molecule has 7 heavy (non-hydrogen) atoms. The summed E-state index contributed by atoms with van der Waals surface area (Å²) >= 11 is 4.02. The number of hydrogen-bond donors (Lipinski definition) is 2. The zero-order valence-corrected chi connectivity index (χ0v) is 4.91. The van der Waals surface area contributed by atoms with Crippen molar-refractivity contribution in [1.29, 1.82) is 0 Å². The molecule has 0 saturated heterocycles. The van der Waals surface area contributed by atoms with Gasteiger partial charge in [0.2, 0.25) is 0 Å². The summed E-state index contributed by atoms with van der Waals surface area (Å²) in [5.74, 6) is 1.78. The molecule has 0 spiro atoms. The Kier molecular flexibility index (Phi) is 1.57. The van der Waals surface area contributed by atoms with Crippen molar-refractivity contribution >= 4 is 18.5 Å². The van der Waals surface area contributed by atoms with Crippen LogP contribution in [0.5, 0.6) is 0 Å². The van der Waals surface area contributed by atoms with E-state index in [1.165, 1.54) is 0 Å². The van der Waals surface area contributed by atoms with Gasteiger partial charge in [-0.15, -0.1) is 0 Å². The molecular formula is C4H8N2S. The third-order valence-corrected chi connectivity index (χ3v) is 1.19. The van der Waals surface area contributed by atoms with E-state index in [9.17, 15) is 0 Å². The Morgan fingerprint density at radius 3 is 3.00 bits per heavy atom. The van der Waals surface area contributed by atoms with Crippen LogP contribution >= 0.6 is 12.6 Å². The smallest absolute Gasteiger partial charge is 0.106 e. The maximum absolute atomic E-state index is 4.08. The van der Waals surface area contributed by atoms with Gasteiger partial charge in [-0.2, -0.15) is 12.6 Å². The predicted octanol–water partition coefficient (Wildman–Crippen LogP) is -0.0821. The molecule has 0 aromatic rings. The van der Waals surface area contributed by atoms with Crippen molar-refractivity contribution in [1.82, 2.24) is 5.32 Å². The Labute approximate surface area is 48.4 Å². The molecule has 1 N–H and O–H groups in total. The van der Waals surface area contributed by atoms with Gasteiger partial charge in [0.05, 0.1) is 6.54 Å². The Hall–Kier alpha value is -0.180. The largest absolute Gasteiger partial charge is 0.371 e. The predicted molar refractivity (Wildman–Crippen MR) is 34.2 cm³/mol. The minimum absolute atomic E-state index is 0.750. The summed E-state index contributed by atoms with van der Waals surface area (Å²) in [6.07, 6.45) is 0. The molecular weight excluding hydrogens is 108 g/mol. The molecule has 0 aliphatic carbocycles. The van der Waals surface area contributed by atoms with Crippen LogP contribution in [-0.4, -0.2) is 24.7 Å². The Balaban J connectivity index is 2.36. The Morgan fingerprint density at radius 1 is 1.86 bits per heavy atom. The molecule has 1 aliphatic heterocycles. The number of nitrogens with one attached hydrogen (secondary N) is 1. The van der Waals surface area contributed by atoms with E-state index in [4.69, 9.17) is 0 Å². The lowest BCUT2D eigenvalue weighted by Crippen LogP contribution is -2.19. The second-order valence-electron chi connectivity index (χ2n) is 1.41. The zero-order chi connectivity index (χ0) is 5.11. The molecule has 0 unspecified atom stereocenters. The fraction of sp³-hybridized carbons (Fsp3) is 0.750. The van der Waals surface area contributed by atoms with E-state index in [2.05, 4.69) is 22.9 Å². The van der Waals surface area contributed by atoms with Gasteiger partial charge < -0.3 is 5.32 Å².